The summed E-state index contributed by atoms with van der Waals surface area (Å²) < 4.78 is 32.7. The molecule has 0 aliphatic heterocycles. The van der Waals surface area contributed by atoms with Crippen LogP contribution in [0.15, 0.2) is 74.1 Å². The molecule has 32 heavy (non-hydrogen) atoms. The highest BCUT2D eigenvalue weighted by Crippen LogP contribution is 2.29. The molecule has 0 fully saturated rings. The number of thioether (sulfide) groups is 1. The molecule has 10 heteroatoms. The van der Waals surface area contributed by atoms with Crippen LogP contribution in [0.2, 0.25) is 5.02 Å². The van der Waals surface area contributed by atoms with Gasteiger partial charge in [-0.25, -0.2) is 17.7 Å². The van der Waals surface area contributed by atoms with E-state index >= 15 is 0 Å². The molecule has 0 bridgehead atoms. The molecule has 0 atom stereocenters. The Morgan fingerprint density at radius 1 is 1.09 bits per heavy atom. The number of hydrogen-bond donors (Lipinski definition) is 0. The maximum absolute atomic E-state index is 13.4. The molecule has 0 unspecified atom stereocenters. The average molecular weight is 490 g/mol. The van der Waals surface area contributed by atoms with Gasteiger partial charge in [-0.2, -0.15) is 0 Å². The summed E-state index contributed by atoms with van der Waals surface area (Å²) in [7, 11) is -0.781. The van der Waals surface area contributed by atoms with Gasteiger partial charge in [0.05, 0.1) is 22.3 Å². The number of nitrogens with zero attached hydrogens (tertiary/aromatic N) is 3. The second kappa shape index (κ2) is 8.74. The minimum atomic E-state index is -3.66. The number of aromatic nitrogens is 2. The molecule has 4 rings (SSSR count). The summed E-state index contributed by atoms with van der Waals surface area (Å²) >= 11 is 7.59. The number of hydrogen-bond acceptors (Lipinski definition) is 6. The van der Waals surface area contributed by atoms with Gasteiger partial charge in [0.25, 0.3) is 15.6 Å². The van der Waals surface area contributed by atoms with Gasteiger partial charge in [-0.1, -0.05) is 41.6 Å². The summed E-state index contributed by atoms with van der Waals surface area (Å²) in [6.07, 6.45) is 0. The Balaban J connectivity index is 1.78. The highest BCUT2D eigenvalue weighted by molar-refractivity contribution is 7.98. The number of fused-ring (bicyclic) bond motifs is 1. The molecule has 0 saturated carbocycles. The van der Waals surface area contributed by atoms with E-state index in [0.717, 1.165) is 9.87 Å². The Morgan fingerprint density at radius 3 is 2.59 bits per heavy atom. The molecule has 0 saturated heterocycles. The zero-order chi connectivity index (χ0) is 23.0. The normalized spacial score (nSPS) is 12.0. The Kier molecular flexibility index (Phi) is 6.17. The van der Waals surface area contributed by atoms with Crippen LogP contribution >= 0.6 is 23.4 Å². The van der Waals surface area contributed by atoms with E-state index in [4.69, 9.17) is 21.0 Å². The lowest BCUT2D eigenvalue weighted by Gasteiger charge is -2.15. The lowest BCUT2D eigenvalue weighted by Crippen LogP contribution is -2.22. The van der Waals surface area contributed by atoms with Crippen molar-refractivity contribution < 1.29 is 12.8 Å². The minimum absolute atomic E-state index is 0.132. The number of sulfonamides is 1. The molecular formula is C22H20ClN3O4S2. The average Bonchev–Trinajstić information content (AvgIpc) is 3.25. The quantitative estimate of drug-likeness (QED) is 0.293. The van der Waals surface area contributed by atoms with Crippen LogP contribution in [0.5, 0.6) is 0 Å². The fraction of sp³-hybridized carbons (Fsp3) is 0.182. The summed E-state index contributed by atoms with van der Waals surface area (Å²) in [5.74, 6) is 0.736. The predicted octanol–water partition coefficient (Wildman–Crippen LogP) is 4.48. The Labute approximate surface area is 194 Å². The van der Waals surface area contributed by atoms with E-state index in [9.17, 15) is 13.2 Å². The lowest BCUT2D eigenvalue weighted by atomic mass is 10.2. The van der Waals surface area contributed by atoms with Crippen molar-refractivity contribution in [3.05, 3.63) is 81.3 Å². The van der Waals surface area contributed by atoms with Crippen LogP contribution in [-0.4, -0.2) is 36.4 Å². The van der Waals surface area contributed by atoms with Gasteiger partial charge >= 0.3 is 0 Å². The summed E-state index contributed by atoms with van der Waals surface area (Å²) in [4.78, 5) is 18.1. The van der Waals surface area contributed by atoms with Gasteiger partial charge in [-0.15, -0.1) is 0 Å². The first-order valence-electron chi connectivity index (χ1n) is 9.61. The van der Waals surface area contributed by atoms with Gasteiger partial charge in [0.15, 0.2) is 5.16 Å². The minimum Gasteiger partial charge on any atom is -0.447 e. The van der Waals surface area contributed by atoms with Crippen LogP contribution in [0.25, 0.3) is 16.6 Å². The van der Waals surface area contributed by atoms with Gasteiger partial charge in [0, 0.05) is 19.1 Å². The van der Waals surface area contributed by atoms with Crippen molar-refractivity contribution in [3.63, 3.8) is 0 Å². The standard InChI is InChI=1S/C22H20ClN3O4S2/c1-14-17(23)8-6-10-19(14)26-21(27)16-7-4-5-9-18(16)24-22(26)31-13-15-11-12-20(30-15)32(28,29)25(2)3/h4-12H,13H2,1-3H3. The lowest BCUT2D eigenvalue weighted by molar-refractivity contribution is 0.408. The molecule has 2 aromatic heterocycles. The van der Waals surface area contributed by atoms with Crippen LogP contribution in [0.1, 0.15) is 11.3 Å². The third-order valence-corrected chi connectivity index (χ3v) is 8.00. The van der Waals surface area contributed by atoms with Crippen LogP contribution in [0.3, 0.4) is 0 Å². The van der Waals surface area contributed by atoms with Crippen molar-refractivity contribution in [1.29, 1.82) is 0 Å². The summed E-state index contributed by atoms with van der Waals surface area (Å²) in [6.45, 7) is 1.85. The maximum Gasteiger partial charge on any atom is 0.275 e. The van der Waals surface area contributed by atoms with Crippen molar-refractivity contribution in [3.8, 4) is 5.69 Å². The number of halogens is 1. The van der Waals surface area contributed by atoms with Crippen molar-refractivity contribution in [2.24, 2.45) is 0 Å². The molecule has 0 aliphatic carbocycles. The first kappa shape index (κ1) is 22.6. The third kappa shape index (κ3) is 4.09. The molecule has 2 aromatic carbocycles. The molecule has 7 nitrogen and oxygen atoms in total. The zero-order valence-corrected chi connectivity index (χ0v) is 20.0. The first-order chi connectivity index (χ1) is 15.2. The van der Waals surface area contributed by atoms with Gasteiger partial charge in [0.1, 0.15) is 5.76 Å². The SMILES string of the molecule is Cc1c(Cl)cccc1-n1c(SCc2ccc(S(=O)(=O)N(C)C)o2)nc2ccccc2c1=O. The highest BCUT2D eigenvalue weighted by atomic mass is 35.5. The molecule has 0 amide bonds. The number of furan rings is 1. The maximum atomic E-state index is 13.4. The number of benzene rings is 2. The van der Waals surface area contributed by atoms with Gasteiger partial charge < -0.3 is 4.42 Å². The zero-order valence-electron chi connectivity index (χ0n) is 17.6. The molecule has 0 spiro atoms. The van der Waals surface area contributed by atoms with Gasteiger partial charge in [0.2, 0.25) is 5.09 Å². The third-order valence-electron chi connectivity index (χ3n) is 4.94. The van der Waals surface area contributed by atoms with E-state index in [0.29, 0.717) is 32.5 Å². The van der Waals surface area contributed by atoms with Crippen LogP contribution < -0.4 is 5.56 Å². The molecule has 0 N–H and O–H groups in total. The van der Waals surface area contributed by atoms with E-state index in [-0.39, 0.29) is 16.4 Å². The number of rotatable bonds is 6. The topological polar surface area (TPSA) is 85.4 Å². The van der Waals surface area contributed by atoms with E-state index in [1.54, 1.807) is 36.4 Å². The molecule has 2 heterocycles. The number of para-hydroxylation sites is 1. The molecule has 166 valence electrons. The van der Waals surface area contributed by atoms with Crippen LogP contribution in [0, 0.1) is 6.92 Å². The van der Waals surface area contributed by atoms with Gasteiger partial charge in [-0.3, -0.25) is 9.36 Å². The van der Waals surface area contributed by atoms with E-state index in [1.165, 1.54) is 36.5 Å². The monoisotopic (exact) mass is 489 g/mol. The smallest absolute Gasteiger partial charge is 0.275 e. The molecule has 4 aromatic rings. The fourth-order valence-corrected chi connectivity index (χ4v) is 5.03. The summed E-state index contributed by atoms with van der Waals surface area (Å²) in [5.41, 5.74) is 1.76. The largest absolute Gasteiger partial charge is 0.447 e. The van der Waals surface area contributed by atoms with Crippen LogP contribution in [0.4, 0.5) is 0 Å². The highest BCUT2D eigenvalue weighted by Gasteiger charge is 2.22. The van der Waals surface area contributed by atoms with E-state index in [2.05, 4.69) is 0 Å². The van der Waals surface area contributed by atoms with Crippen molar-refractivity contribution in [2.45, 2.75) is 22.9 Å². The Morgan fingerprint density at radius 2 is 1.84 bits per heavy atom. The van der Waals surface area contributed by atoms with E-state index < -0.39 is 10.0 Å². The Hall–Kier alpha value is -2.59. The summed E-state index contributed by atoms with van der Waals surface area (Å²) in [5, 5.41) is 1.36. The fourth-order valence-electron chi connectivity index (χ4n) is 3.15. The van der Waals surface area contributed by atoms with Crippen molar-refractivity contribution in [2.75, 3.05) is 14.1 Å². The predicted molar refractivity (Wildman–Crippen MR) is 126 cm³/mol. The second-order valence-electron chi connectivity index (χ2n) is 7.23. The van der Waals surface area contributed by atoms with Crippen molar-refractivity contribution >= 4 is 44.3 Å². The van der Waals surface area contributed by atoms with Crippen molar-refractivity contribution in [1.82, 2.24) is 13.9 Å². The van der Waals surface area contributed by atoms with Gasteiger partial charge in [-0.05, 0) is 48.9 Å². The molecular weight excluding hydrogens is 470 g/mol. The molecule has 0 aliphatic rings. The van der Waals surface area contributed by atoms with Crippen LogP contribution in [-0.2, 0) is 15.8 Å². The van der Waals surface area contributed by atoms with E-state index in [1.807, 2.05) is 19.1 Å². The Bertz CT molecular complexity index is 1480. The second-order valence-corrected chi connectivity index (χ2v) is 10.7. The molecule has 0 radical (unpaired) electrons. The first-order valence-corrected chi connectivity index (χ1v) is 12.4. The summed E-state index contributed by atoms with van der Waals surface area (Å²) in [6, 6.07) is 15.5.